The summed E-state index contributed by atoms with van der Waals surface area (Å²) >= 11 is 0. The first-order valence-electron chi connectivity index (χ1n) is 11.8. The molecule has 162 valence electrons. The number of ether oxygens (including phenoxy) is 1. The van der Waals surface area contributed by atoms with Crippen LogP contribution in [0.1, 0.15) is 50.7 Å². The molecule has 0 aromatic heterocycles. The summed E-state index contributed by atoms with van der Waals surface area (Å²) in [6.07, 6.45) is 3.91. The van der Waals surface area contributed by atoms with Crippen molar-refractivity contribution in [2.24, 2.45) is 29.1 Å². The van der Waals surface area contributed by atoms with Gasteiger partial charge in [0.05, 0.1) is 7.11 Å². The van der Waals surface area contributed by atoms with Gasteiger partial charge in [-0.1, -0.05) is 63.2 Å². The number of hydrogen-bond donors (Lipinski definition) is 0. The second kappa shape index (κ2) is 8.75. The molecule has 2 aromatic carbocycles. The average molecular weight is 406 g/mol. The molecular weight excluding hydrogens is 366 g/mol. The first-order chi connectivity index (χ1) is 14.4. The van der Waals surface area contributed by atoms with Crippen LogP contribution < -0.4 is 4.74 Å². The van der Waals surface area contributed by atoms with E-state index in [1.54, 1.807) is 7.11 Å². The fourth-order valence-corrected chi connectivity index (χ4v) is 7.03. The fourth-order valence-electron chi connectivity index (χ4n) is 7.03. The van der Waals surface area contributed by atoms with E-state index in [0.717, 1.165) is 30.6 Å². The van der Waals surface area contributed by atoms with Gasteiger partial charge in [-0.05, 0) is 84.6 Å². The summed E-state index contributed by atoms with van der Waals surface area (Å²) in [5.41, 5.74) is 3.36. The number of benzene rings is 2. The van der Waals surface area contributed by atoms with Crippen molar-refractivity contribution in [3.8, 4) is 5.75 Å². The highest BCUT2D eigenvalue weighted by atomic mass is 16.5. The molecule has 4 rings (SSSR count). The van der Waals surface area contributed by atoms with Crippen LogP contribution in [0.4, 0.5) is 0 Å². The molecule has 30 heavy (non-hydrogen) atoms. The molecule has 2 bridgehead atoms. The standard InChI is InChI=1S/C28H39NO/c1-20-25-14-15-26(28(25,2)3)24(27(20)22-12-9-13-23(18-22)30-5)19-29(4)17-16-21-10-7-6-8-11-21/h6-13,18,20,24-27H,14-17,19H2,1-5H3/t20-,24-,25-,26+,27+/m1/s1. The lowest BCUT2D eigenvalue weighted by Gasteiger charge is -2.52. The lowest BCUT2D eigenvalue weighted by Crippen LogP contribution is -2.48. The Balaban J connectivity index is 1.57. The summed E-state index contributed by atoms with van der Waals surface area (Å²) < 4.78 is 5.58. The van der Waals surface area contributed by atoms with E-state index in [2.05, 4.69) is 87.3 Å². The van der Waals surface area contributed by atoms with Gasteiger partial charge < -0.3 is 9.64 Å². The molecule has 2 aliphatic rings. The Kier molecular flexibility index (Phi) is 6.25. The zero-order chi connectivity index (χ0) is 21.3. The SMILES string of the molecule is COc1cccc([C@@H]2[C@H](C)[C@H]3CC[C@@H]([C@H]2CN(C)CCc2ccccc2)C3(C)C)c1. The average Bonchev–Trinajstić information content (AvgIpc) is 2.97. The Morgan fingerprint density at radius 3 is 2.47 bits per heavy atom. The van der Waals surface area contributed by atoms with Crippen molar-refractivity contribution in [1.29, 1.82) is 0 Å². The van der Waals surface area contributed by atoms with Crippen molar-refractivity contribution in [3.05, 3.63) is 65.7 Å². The molecule has 0 heterocycles. The van der Waals surface area contributed by atoms with Gasteiger partial charge in [-0.3, -0.25) is 0 Å². The molecule has 5 atom stereocenters. The zero-order valence-corrected chi connectivity index (χ0v) is 19.5. The normalized spacial score (nSPS) is 29.9. The quantitative estimate of drug-likeness (QED) is 0.538. The van der Waals surface area contributed by atoms with E-state index in [1.165, 1.54) is 30.5 Å². The summed E-state index contributed by atoms with van der Waals surface area (Å²) in [5, 5.41) is 0. The van der Waals surface area contributed by atoms with Gasteiger partial charge >= 0.3 is 0 Å². The summed E-state index contributed by atoms with van der Waals surface area (Å²) in [7, 11) is 4.11. The highest BCUT2D eigenvalue weighted by molar-refractivity contribution is 5.33. The van der Waals surface area contributed by atoms with E-state index in [-0.39, 0.29) is 0 Å². The third-order valence-electron chi connectivity index (χ3n) is 8.51. The van der Waals surface area contributed by atoms with Crippen LogP contribution in [-0.4, -0.2) is 32.1 Å². The van der Waals surface area contributed by atoms with E-state index in [9.17, 15) is 0 Å². The van der Waals surface area contributed by atoms with Gasteiger partial charge in [-0.25, -0.2) is 0 Å². The van der Waals surface area contributed by atoms with Gasteiger partial charge in [0.15, 0.2) is 0 Å². The van der Waals surface area contributed by atoms with E-state index >= 15 is 0 Å². The molecular formula is C28H39NO. The van der Waals surface area contributed by atoms with Crippen LogP contribution in [0.25, 0.3) is 0 Å². The third kappa shape index (κ3) is 4.04. The van der Waals surface area contributed by atoms with Crippen molar-refractivity contribution >= 4 is 0 Å². The maximum atomic E-state index is 5.58. The first-order valence-corrected chi connectivity index (χ1v) is 11.8. The number of likely N-dealkylation sites (N-methyl/N-ethyl adjacent to an activating group) is 1. The van der Waals surface area contributed by atoms with Crippen LogP contribution in [0.3, 0.4) is 0 Å². The second-order valence-electron chi connectivity index (χ2n) is 10.4. The van der Waals surface area contributed by atoms with E-state index in [1.807, 2.05) is 0 Å². The van der Waals surface area contributed by atoms with Gasteiger partial charge in [0.2, 0.25) is 0 Å². The van der Waals surface area contributed by atoms with Crippen molar-refractivity contribution in [1.82, 2.24) is 4.90 Å². The van der Waals surface area contributed by atoms with Gasteiger partial charge in [0.25, 0.3) is 0 Å². The minimum atomic E-state index is 0.444. The number of fused-ring (bicyclic) bond motifs is 2. The number of rotatable bonds is 7. The summed E-state index contributed by atoms with van der Waals surface area (Å²) in [4.78, 5) is 2.59. The Labute approximate surface area is 183 Å². The minimum absolute atomic E-state index is 0.444. The minimum Gasteiger partial charge on any atom is -0.497 e. The molecule has 2 fully saturated rings. The van der Waals surface area contributed by atoms with Crippen molar-refractivity contribution in [2.45, 2.75) is 46.0 Å². The first kappa shape index (κ1) is 21.4. The Morgan fingerprint density at radius 1 is 1.00 bits per heavy atom. The molecule has 2 saturated carbocycles. The topological polar surface area (TPSA) is 12.5 Å². The maximum Gasteiger partial charge on any atom is 0.119 e. The molecule has 0 N–H and O–H groups in total. The molecule has 0 aliphatic heterocycles. The van der Waals surface area contributed by atoms with Gasteiger partial charge in [0.1, 0.15) is 5.75 Å². The van der Waals surface area contributed by atoms with Crippen molar-refractivity contribution < 1.29 is 4.74 Å². The molecule has 0 spiro atoms. The molecule has 2 aliphatic carbocycles. The lowest BCUT2D eigenvalue weighted by molar-refractivity contribution is -0.00299. The van der Waals surface area contributed by atoms with Crippen molar-refractivity contribution in [2.75, 3.05) is 27.2 Å². The van der Waals surface area contributed by atoms with E-state index in [0.29, 0.717) is 23.2 Å². The van der Waals surface area contributed by atoms with E-state index in [4.69, 9.17) is 4.74 Å². The van der Waals surface area contributed by atoms with Gasteiger partial charge in [-0.15, -0.1) is 0 Å². The fraction of sp³-hybridized carbons (Fsp3) is 0.571. The molecule has 2 heteroatoms. The number of nitrogens with zero attached hydrogens (tertiary/aromatic N) is 1. The largest absolute Gasteiger partial charge is 0.497 e. The predicted octanol–water partition coefficient (Wildman–Crippen LogP) is 6.27. The van der Waals surface area contributed by atoms with Crippen LogP contribution in [0.2, 0.25) is 0 Å². The summed E-state index contributed by atoms with van der Waals surface area (Å²) in [6.45, 7) is 9.92. The Morgan fingerprint density at radius 2 is 1.73 bits per heavy atom. The molecule has 0 saturated heterocycles. The maximum absolute atomic E-state index is 5.58. The van der Waals surface area contributed by atoms with Crippen LogP contribution in [0.5, 0.6) is 5.75 Å². The van der Waals surface area contributed by atoms with Crippen LogP contribution in [0.15, 0.2) is 54.6 Å². The van der Waals surface area contributed by atoms with Crippen LogP contribution >= 0.6 is 0 Å². The highest BCUT2D eigenvalue weighted by Crippen LogP contribution is 2.63. The monoisotopic (exact) mass is 405 g/mol. The predicted molar refractivity (Wildman–Crippen MR) is 126 cm³/mol. The van der Waals surface area contributed by atoms with Crippen LogP contribution in [-0.2, 0) is 6.42 Å². The molecule has 0 amide bonds. The molecule has 2 nitrogen and oxygen atoms in total. The van der Waals surface area contributed by atoms with Crippen molar-refractivity contribution in [3.63, 3.8) is 0 Å². The molecule has 0 unspecified atom stereocenters. The summed E-state index contributed by atoms with van der Waals surface area (Å²) in [5.74, 6) is 4.64. The Hall–Kier alpha value is -1.80. The third-order valence-corrected chi connectivity index (χ3v) is 8.51. The highest BCUT2D eigenvalue weighted by Gasteiger charge is 2.56. The second-order valence-corrected chi connectivity index (χ2v) is 10.4. The smallest absolute Gasteiger partial charge is 0.119 e. The van der Waals surface area contributed by atoms with Crippen LogP contribution in [0, 0.1) is 29.1 Å². The number of hydrogen-bond acceptors (Lipinski definition) is 2. The van der Waals surface area contributed by atoms with Gasteiger partial charge in [-0.2, -0.15) is 0 Å². The zero-order valence-electron chi connectivity index (χ0n) is 19.5. The Bertz CT molecular complexity index is 830. The summed E-state index contributed by atoms with van der Waals surface area (Å²) in [6, 6.07) is 19.8. The number of methoxy groups -OCH3 is 1. The van der Waals surface area contributed by atoms with Gasteiger partial charge in [0, 0.05) is 13.1 Å². The molecule has 2 aromatic rings. The van der Waals surface area contributed by atoms with E-state index < -0.39 is 0 Å². The lowest BCUT2D eigenvalue weighted by atomic mass is 9.54. The molecule has 0 radical (unpaired) electrons.